The third-order valence-corrected chi connectivity index (χ3v) is 3.68. The lowest BCUT2D eigenvalue weighted by atomic mass is 10.1. The number of rotatable bonds is 6. The molecule has 0 aliphatic heterocycles. The van der Waals surface area contributed by atoms with Crippen LogP contribution in [0.1, 0.15) is 39.2 Å². The van der Waals surface area contributed by atoms with E-state index in [-0.39, 0.29) is 11.9 Å². The van der Waals surface area contributed by atoms with Crippen molar-refractivity contribution in [2.45, 2.75) is 13.0 Å². The molecule has 1 atom stereocenters. The number of carbonyl (C=O) groups excluding carboxylic acids is 2. The van der Waals surface area contributed by atoms with Crippen LogP contribution in [-0.2, 0) is 0 Å². The number of ether oxygens (including phenoxy) is 2. The summed E-state index contributed by atoms with van der Waals surface area (Å²) in [6.07, 6.45) is 0. The number of primary amides is 1. The molecule has 0 fully saturated rings. The Morgan fingerprint density at radius 1 is 1.00 bits per heavy atom. The summed E-state index contributed by atoms with van der Waals surface area (Å²) in [6.45, 7) is 1.85. The Bertz CT molecular complexity index is 741. The van der Waals surface area contributed by atoms with E-state index in [0.717, 1.165) is 5.56 Å². The van der Waals surface area contributed by atoms with E-state index in [1.807, 2.05) is 13.0 Å². The second kappa shape index (κ2) is 7.50. The molecule has 0 saturated heterocycles. The predicted octanol–water partition coefficient (Wildman–Crippen LogP) is 2.29. The number of amides is 2. The maximum absolute atomic E-state index is 12.4. The molecule has 6 heteroatoms. The van der Waals surface area contributed by atoms with Crippen LogP contribution in [0.5, 0.6) is 11.5 Å². The van der Waals surface area contributed by atoms with Crippen molar-refractivity contribution >= 4 is 11.8 Å². The Balaban J connectivity index is 2.18. The average molecular weight is 328 g/mol. The smallest absolute Gasteiger partial charge is 0.251 e. The first kappa shape index (κ1) is 17.3. The molecule has 2 aromatic rings. The van der Waals surface area contributed by atoms with Crippen molar-refractivity contribution in [1.82, 2.24) is 5.32 Å². The van der Waals surface area contributed by atoms with Gasteiger partial charge in [0.05, 0.1) is 20.3 Å². The number of methoxy groups -OCH3 is 2. The molecule has 0 aliphatic carbocycles. The van der Waals surface area contributed by atoms with Gasteiger partial charge in [-0.2, -0.15) is 0 Å². The molecule has 0 saturated carbocycles. The molecule has 0 heterocycles. The van der Waals surface area contributed by atoms with Gasteiger partial charge in [-0.15, -0.1) is 0 Å². The molecule has 2 rings (SSSR count). The lowest BCUT2D eigenvalue weighted by Crippen LogP contribution is -2.27. The molecule has 3 N–H and O–H groups in total. The number of carbonyl (C=O) groups is 2. The highest BCUT2D eigenvalue weighted by atomic mass is 16.5. The van der Waals surface area contributed by atoms with E-state index in [4.69, 9.17) is 15.2 Å². The van der Waals surface area contributed by atoms with E-state index in [9.17, 15) is 9.59 Å². The summed E-state index contributed by atoms with van der Waals surface area (Å²) in [4.78, 5) is 23.4. The third kappa shape index (κ3) is 3.84. The topological polar surface area (TPSA) is 90.7 Å². The van der Waals surface area contributed by atoms with Gasteiger partial charge in [-0.3, -0.25) is 9.59 Å². The zero-order valence-corrected chi connectivity index (χ0v) is 13.8. The first-order chi connectivity index (χ1) is 11.5. The molecular formula is C18H20N2O4. The van der Waals surface area contributed by atoms with Gasteiger partial charge in [-0.25, -0.2) is 0 Å². The highest BCUT2D eigenvalue weighted by molar-refractivity contribution is 5.97. The highest BCUT2D eigenvalue weighted by Gasteiger charge is 2.16. The van der Waals surface area contributed by atoms with Gasteiger partial charge in [0.15, 0.2) is 0 Å². The minimum Gasteiger partial charge on any atom is -0.497 e. The summed E-state index contributed by atoms with van der Waals surface area (Å²) in [5.41, 5.74) is 6.79. The molecule has 2 amide bonds. The fourth-order valence-electron chi connectivity index (χ4n) is 2.32. The summed E-state index contributed by atoms with van der Waals surface area (Å²) in [5.74, 6) is 0.547. The Hall–Kier alpha value is -3.02. The quantitative estimate of drug-likeness (QED) is 0.851. The second-order valence-corrected chi connectivity index (χ2v) is 5.24. The van der Waals surface area contributed by atoms with Crippen molar-refractivity contribution in [2.24, 2.45) is 5.73 Å². The van der Waals surface area contributed by atoms with Gasteiger partial charge in [-0.05, 0) is 49.4 Å². The maximum Gasteiger partial charge on any atom is 0.251 e. The summed E-state index contributed by atoms with van der Waals surface area (Å²) < 4.78 is 10.6. The first-order valence-electron chi connectivity index (χ1n) is 7.39. The maximum atomic E-state index is 12.4. The third-order valence-electron chi connectivity index (χ3n) is 3.68. The molecule has 126 valence electrons. The van der Waals surface area contributed by atoms with Crippen LogP contribution in [0.25, 0.3) is 0 Å². The number of nitrogens with two attached hydrogens (primary N) is 1. The molecule has 0 spiro atoms. The number of nitrogens with one attached hydrogen (secondary N) is 1. The van der Waals surface area contributed by atoms with Gasteiger partial charge in [0.2, 0.25) is 5.91 Å². The van der Waals surface area contributed by atoms with Crippen molar-refractivity contribution in [3.63, 3.8) is 0 Å². The van der Waals surface area contributed by atoms with Crippen LogP contribution >= 0.6 is 0 Å². The Kier molecular flexibility index (Phi) is 5.42. The van der Waals surface area contributed by atoms with Crippen LogP contribution in [0, 0.1) is 0 Å². The SMILES string of the molecule is COc1ccc(OC)c(C(C)NC(=O)c2ccc(C(N)=O)cc2)c1. The second-order valence-electron chi connectivity index (χ2n) is 5.24. The summed E-state index contributed by atoms with van der Waals surface area (Å²) in [5, 5.41) is 2.90. The Labute approximate surface area is 140 Å². The lowest BCUT2D eigenvalue weighted by molar-refractivity contribution is 0.0937. The van der Waals surface area contributed by atoms with E-state index in [1.165, 1.54) is 12.1 Å². The standard InChI is InChI=1S/C18H20N2O4/c1-11(15-10-14(23-2)8-9-16(15)24-3)20-18(22)13-6-4-12(5-7-13)17(19)21/h4-11H,1-3H3,(H2,19,21)(H,20,22). The Morgan fingerprint density at radius 2 is 1.62 bits per heavy atom. The number of benzene rings is 2. The van der Waals surface area contributed by atoms with Crippen LogP contribution in [0.3, 0.4) is 0 Å². The number of hydrogen-bond acceptors (Lipinski definition) is 4. The van der Waals surface area contributed by atoms with E-state index in [0.29, 0.717) is 22.6 Å². The van der Waals surface area contributed by atoms with E-state index < -0.39 is 5.91 Å². The fourth-order valence-corrected chi connectivity index (χ4v) is 2.32. The minimum absolute atomic E-state index is 0.261. The molecule has 0 bridgehead atoms. The molecule has 2 aromatic carbocycles. The van der Waals surface area contributed by atoms with Gasteiger partial charge in [-0.1, -0.05) is 0 Å². The van der Waals surface area contributed by atoms with Gasteiger partial charge in [0.1, 0.15) is 11.5 Å². The van der Waals surface area contributed by atoms with E-state index in [1.54, 1.807) is 38.5 Å². The summed E-state index contributed by atoms with van der Waals surface area (Å²) >= 11 is 0. The molecule has 0 aromatic heterocycles. The molecule has 1 unspecified atom stereocenters. The van der Waals surface area contributed by atoms with Crippen molar-refractivity contribution in [3.05, 3.63) is 59.2 Å². The van der Waals surface area contributed by atoms with E-state index >= 15 is 0 Å². The zero-order chi connectivity index (χ0) is 17.7. The van der Waals surface area contributed by atoms with Crippen molar-refractivity contribution in [3.8, 4) is 11.5 Å². The normalized spacial score (nSPS) is 11.5. The largest absolute Gasteiger partial charge is 0.497 e. The van der Waals surface area contributed by atoms with Crippen molar-refractivity contribution < 1.29 is 19.1 Å². The fraction of sp³-hybridized carbons (Fsp3) is 0.222. The van der Waals surface area contributed by atoms with Crippen LogP contribution in [0.2, 0.25) is 0 Å². The van der Waals surface area contributed by atoms with Crippen LogP contribution < -0.4 is 20.5 Å². The highest BCUT2D eigenvalue weighted by Crippen LogP contribution is 2.29. The Morgan fingerprint density at radius 3 is 2.17 bits per heavy atom. The molecule has 0 aliphatic rings. The average Bonchev–Trinajstić information content (AvgIpc) is 2.60. The molecule has 0 radical (unpaired) electrons. The minimum atomic E-state index is -0.531. The van der Waals surface area contributed by atoms with E-state index in [2.05, 4.69) is 5.32 Å². The van der Waals surface area contributed by atoms with Gasteiger partial charge in [0, 0.05) is 16.7 Å². The van der Waals surface area contributed by atoms with Crippen LogP contribution in [0.4, 0.5) is 0 Å². The van der Waals surface area contributed by atoms with Crippen molar-refractivity contribution in [1.29, 1.82) is 0 Å². The monoisotopic (exact) mass is 328 g/mol. The molecular weight excluding hydrogens is 308 g/mol. The van der Waals surface area contributed by atoms with Gasteiger partial charge < -0.3 is 20.5 Å². The van der Waals surface area contributed by atoms with Gasteiger partial charge in [0.25, 0.3) is 5.91 Å². The molecule has 6 nitrogen and oxygen atoms in total. The summed E-state index contributed by atoms with van der Waals surface area (Å²) in [7, 11) is 3.15. The summed E-state index contributed by atoms with van der Waals surface area (Å²) in [6, 6.07) is 11.3. The van der Waals surface area contributed by atoms with Crippen LogP contribution in [0.15, 0.2) is 42.5 Å². The zero-order valence-electron chi connectivity index (χ0n) is 13.8. The molecule has 24 heavy (non-hydrogen) atoms. The van der Waals surface area contributed by atoms with Gasteiger partial charge >= 0.3 is 0 Å². The number of hydrogen-bond donors (Lipinski definition) is 2. The first-order valence-corrected chi connectivity index (χ1v) is 7.39. The predicted molar refractivity (Wildman–Crippen MR) is 90.4 cm³/mol. The van der Waals surface area contributed by atoms with Crippen molar-refractivity contribution in [2.75, 3.05) is 14.2 Å². The van der Waals surface area contributed by atoms with Crippen LogP contribution in [-0.4, -0.2) is 26.0 Å². The lowest BCUT2D eigenvalue weighted by Gasteiger charge is -2.18.